The molecular weight excluding hydrogens is 242 g/mol. The van der Waals surface area contributed by atoms with E-state index in [-0.39, 0.29) is 0 Å². The third-order valence-electron chi connectivity index (χ3n) is 4.65. The lowest BCUT2D eigenvalue weighted by Gasteiger charge is -2.52. The van der Waals surface area contributed by atoms with Gasteiger partial charge in [0.25, 0.3) is 0 Å². The van der Waals surface area contributed by atoms with Crippen LogP contribution in [0.4, 0.5) is 0 Å². The highest BCUT2D eigenvalue weighted by molar-refractivity contribution is 7.09. The van der Waals surface area contributed by atoms with Crippen molar-refractivity contribution in [2.24, 2.45) is 0 Å². The maximum atomic E-state index is 4.53. The first-order chi connectivity index (χ1) is 8.82. The maximum absolute atomic E-state index is 4.53. The summed E-state index contributed by atoms with van der Waals surface area (Å²) in [5.41, 5.74) is 0.404. The number of hydrogen-bond acceptors (Lipinski definition) is 4. The quantitative estimate of drug-likeness (QED) is 0.891. The predicted molar refractivity (Wildman–Crippen MR) is 75.9 cm³/mol. The van der Waals surface area contributed by atoms with Crippen LogP contribution in [0.2, 0.25) is 0 Å². The van der Waals surface area contributed by atoms with Gasteiger partial charge in [-0.25, -0.2) is 4.98 Å². The maximum Gasteiger partial charge on any atom is 0.109 e. The zero-order valence-corrected chi connectivity index (χ0v) is 12.0. The molecule has 18 heavy (non-hydrogen) atoms. The molecule has 1 aromatic heterocycles. The summed E-state index contributed by atoms with van der Waals surface area (Å²) in [7, 11) is 0. The highest BCUT2D eigenvalue weighted by Gasteiger charge is 2.42. The Labute approximate surface area is 114 Å². The van der Waals surface area contributed by atoms with Crippen molar-refractivity contribution in [3.05, 3.63) is 16.6 Å². The molecule has 0 bridgehead atoms. The number of hydrogen-bond donors (Lipinski definition) is 1. The lowest BCUT2D eigenvalue weighted by molar-refractivity contribution is -0.00284. The molecule has 1 saturated heterocycles. The van der Waals surface area contributed by atoms with Crippen LogP contribution in [0, 0.1) is 0 Å². The Hall–Kier alpha value is -0.450. The van der Waals surface area contributed by atoms with E-state index >= 15 is 0 Å². The molecule has 1 N–H and O–H groups in total. The van der Waals surface area contributed by atoms with Crippen LogP contribution >= 0.6 is 11.3 Å². The monoisotopic (exact) mass is 265 g/mol. The Morgan fingerprint density at radius 1 is 1.39 bits per heavy atom. The van der Waals surface area contributed by atoms with Gasteiger partial charge >= 0.3 is 0 Å². The summed E-state index contributed by atoms with van der Waals surface area (Å²) in [5.74, 6) is 0. The lowest BCUT2D eigenvalue weighted by atomic mass is 9.78. The number of nitrogens with one attached hydrogen (secondary N) is 1. The number of nitrogens with zero attached hydrogens (tertiary/aromatic N) is 2. The van der Waals surface area contributed by atoms with Gasteiger partial charge in [-0.05, 0) is 19.8 Å². The van der Waals surface area contributed by atoms with Gasteiger partial charge in [0.2, 0.25) is 0 Å². The van der Waals surface area contributed by atoms with Crippen molar-refractivity contribution < 1.29 is 0 Å². The third kappa shape index (κ3) is 2.22. The molecule has 1 aromatic rings. The molecule has 3 rings (SSSR count). The fourth-order valence-electron chi connectivity index (χ4n) is 3.71. The summed E-state index contributed by atoms with van der Waals surface area (Å²) in [4.78, 5) is 7.26. The molecule has 4 heteroatoms. The van der Waals surface area contributed by atoms with E-state index in [9.17, 15) is 0 Å². The van der Waals surface area contributed by atoms with Crippen LogP contribution in [0.25, 0.3) is 0 Å². The van der Waals surface area contributed by atoms with Crippen LogP contribution in [-0.2, 0) is 0 Å². The van der Waals surface area contributed by atoms with E-state index in [4.69, 9.17) is 0 Å². The molecule has 2 aliphatic rings. The van der Waals surface area contributed by atoms with Crippen molar-refractivity contribution in [3.63, 3.8) is 0 Å². The molecule has 1 spiro atoms. The molecule has 0 radical (unpaired) electrons. The summed E-state index contributed by atoms with van der Waals surface area (Å²) in [6.45, 7) is 5.79. The molecule has 0 amide bonds. The summed E-state index contributed by atoms with van der Waals surface area (Å²) in [6, 6.07) is 0.477. The van der Waals surface area contributed by atoms with Gasteiger partial charge in [0.1, 0.15) is 5.01 Å². The van der Waals surface area contributed by atoms with Crippen LogP contribution in [0.1, 0.15) is 50.1 Å². The molecule has 0 aromatic carbocycles. The molecule has 1 unspecified atom stereocenters. The highest BCUT2D eigenvalue weighted by Crippen LogP contribution is 2.39. The van der Waals surface area contributed by atoms with Gasteiger partial charge in [-0.1, -0.05) is 19.3 Å². The van der Waals surface area contributed by atoms with E-state index in [1.807, 2.05) is 6.20 Å². The van der Waals surface area contributed by atoms with E-state index in [1.54, 1.807) is 11.3 Å². The first-order valence-corrected chi connectivity index (χ1v) is 8.07. The molecule has 1 atom stereocenters. The highest BCUT2D eigenvalue weighted by atomic mass is 32.1. The summed E-state index contributed by atoms with van der Waals surface area (Å²) in [6.07, 6.45) is 8.85. The van der Waals surface area contributed by atoms with E-state index in [2.05, 4.69) is 27.5 Å². The van der Waals surface area contributed by atoms with Crippen LogP contribution in [-0.4, -0.2) is 35.1 Å². The summed E-state index contributed by atoms with van der Waals surface area (Å²) < 4.78 is 0. The zero-order valence-electron chi connectivity index (χ0n) is 11.2. The SMILES string of the molecule is CC(c1nccs1)N1CCNCC12CCCCC2. The lowest BCUT2D eigenvalue weighted by Crippen LogP contribution is -2.62. The smallest absolute Gasteiger partial charge is 0.109 e. The Kier molecular flexibility index (Phi) is 3.68. The Balaban J connectivity index is 1.83. The van der Waals surface area contributed by atoms with Gasteiger partial charge < -0.3 is 5.32 Å². The average molecular weight is 265 g/mol. The normalized spacial score (nSPS) is 26.3. The van der Waals surface area contributed by atoms with Gasteiger partial charge in [0.15, 0.2) is 0 Å². The van der Waals surface area contributed by atoms with E-state index in [0.717, 1.165) is 6.54 Å². The number of rotatable bonds is 2. The summed E-state index contributed by atoms with van der Waals surface area (Å²) in [5, 5.41) is 7.00. The van der Waals surface area contributed by atoms with Crippen molar-refractivity contribution in [3.8, 4) is 0 Å². The zero-order chi connectivity index (χ0) is 12.4. The summed E-state index contributed by atoms with van der Waals surface area (Å²) >= 11 is 1.80. The van der Waals surface area contributed by atoms with Crippen LogP contribution in [0.15, 0.2) is 11.6 Å². The molecule has 3 nitrogen and oxygen atoms in total. The van der Waals surface area contributed by atoms with Crippen LogP contribution < -0.4 is 5.32 Å². The fourth-order valence-corrected chi connectivity index (χ4v) is 4.42. The van der Waals surface area contributed by atoms with E-state index < -0.39 is 0 Å². The van der Waals surface area contributed by atoms with Gasteiger partial charge in [-0.15, -0.1) is 11.3 Å². The van der Waals surface area contributed by atoms with Crippen LogP contribution in [0.3, 0.4) is 0 Å². The standard InChI is InChI=1S/C14H23N3S/c1-12(13-16-8-10-18-13)17-9-7-15-11-14(17)5-3-2-4-6-14/h8,10,12,15H,2-7,9,11H2,1H3. The molecule has 1 aliphatic heterocycles. The van der Waals surface area contributed by atoms with Gasteiger partial charge in [0.05, 0.1) is 6.04 Å². The number of piperazine rings is 1. The van der Waals surface area contributed by atoms with Crippen molar-refractivity contribution in [1.82, 2.24) is 15.2 Å². The Bertz CT molecular complexity index is 362. The minimum atomic E-state index is 0.404. The molecule has 2 fully saturated rings. The van der Waals surface area contributed by atoms with Gasteiger partial charge in [-0.2, -0.15) is 0 Å². The van der Waals surface area contributed by atoms with Crippen molar-refractivity contribution in [1.29, 1.82) is 0 Å². The van der Waals surface area contributed by atoms with E-state index in [1.165, 1.54) is 50.2 Å². The van der Waals surface area contributed by atoms with Crippen molar-refractivity contribution in [2.75, 3.05) is 19.6 Å². The van der Waals surface area contributed by atoms with E-state index in [0.29, 0.717) is 11.6 Å². The Morgan fingerprint density at radius 2 is 2.22 bits per heavy atom. The topological polar surface area (TPSA) is 28.2 Å². The van der Waals surface area contributed by atoms with Crippen molar-refractivity contribution in [2.45, 2.75) is 50.6 Å². The first-order valence-electron chi connectivity index (χ1n) is 7.19. The largest absolute Gasteiger partial charge is 0.314 e. The van der Waals surface area contributed by atoms with Gasteiger partial charge in [-0.3, -0.25) is 4.90 Å². The molecule has 1 aliphatic carbocycles. The molecule has 2 heterocycles. The number of thiazole rings is 1. The second-order valence-corrected chi connectivity index (χ2v) is 6.63. The van der Waals surface area contributed by atoms with Crippen LogP contribution in [0.5, 0.6) is 0 Å². The number of aromatic nitrogens is 1. The molecule has 1 saturated carbocycles. The Morgan fingerprint density at radius 3 is 2.94 bits per heavy atom. The predicted octanol–water partition coefficient (Wildman–Crippen LogP) is 2.81. The second kappa shape index (κ2) is 5.27. The molecular formula is C14H23N3S. The third-order valence-corrected chi connectivity index (χ3v) is 5.60. The fraction of sp³-hybridized carbons (Fsp3) is 0.786. The minimum absolute atomic E-state index is 0.404. The minimum Gasteiger partial charge on any atom is -0.314 e. The second-order valence-electron chi connectivity index (χ2n) is 5.70. The van der Waals surface area contributed by atoms with Crippen molar-refractivity contribution >= 4 is 11.3 Å². The average Bonchev–Trinajstić information content (AvgIpc) is 2.93. The molecule has 100 valence electrons. The first kappa shape index (κ1) is 12.6. The van der Waals surface area contributed by atoms with Gasteiger partial charge in [0, 0.05) is 36.8 Å².